The highest BCUT2D eigenvalue weighted by Crippen LogP contribution is 2.21. The number of aryl methyl sites for hydroxylation is 1. The van der Waals surface area contributed by atoms with E-state index in [4.69, 9.17) is 5.26 Å². The highest BCUT2D eigenvalue weighted by molar-refractivity contribution is 8.00. The van der Waals surface area contributed by atoms with Gasteiger partial charge in [-0.15, -0.1) is 0 Å². The van der Waals surface area contributed by atoms with Crippen molar-refractivity contribution in [3.05, 3.63) is 59.7 Å². The molecule has 0 unspecified atom stereocenters. The third kappa shape index (κ3) is 3.27. The van der Waals surface area contributed by atoms with Crippen LogP contribution in [0.4, 0.5) is 5.69 Å². The molecule has 17 heavy (non-hydrogen) atoms. The summed E-state index contributed by atoms with van der Waals surface area (Å²) in [4.78, 5) is 1.17. The molecule has 0 aliphatic heterocycles. The van der Waals surface area contributed by atoms with Gasteiger partial charge in [0.15, 0.2) is 0 Å². The van der Waals surface area contributed by atoms with Gasteiger partial charge in [-0.05, 0) is 55.3 Å². The van der Waals surface area contributed by atoms with E-state index in [-0.39, 0.29) is 0 Å². The number of anilines is 1. The summed E-state index contributed by atoms with van der Waals surface area (Å²) in [7, 11) is 0. The van der Waals surface area contributed by atoms with Crippen molar-refractivity contribution in [3.8, 4) is 6.07 Å². The third-order valence-corrected chi connectivity index (χ3v) is 3.17. The van der Waals surface area contributed by atoms with Crippen molar-refractivity contribution in [2.24, 2.45) is 0 Å². The predicted octanol–water partition coefficient (Wildman–Crippen LogP) is 3.99. The Morgan fingerprint density at radius 1 is 1.00 bits per heavy atom. The average Bonchev–Trinajstić information content (AvgIpc) is 2.39. The summed E-state index contributed by atoms with van der Waals surface area (Å²) in [6, 6.07) is 17.8. The first kappa shape index (κ1) is 11.6. The van der Waals surface area contributed by atoms with Crippen molar-refractivity contribution < 1.29 is 0 Å². The molecule has 0 bridgehead atoms. The molecule has 0 saturated carbocycles. The number of nitrogens with zero attached hydrogens (tertiary/aromatic N) is 1. The minimum absolute atomic E-state index is 0.677. The molecule has 2 nitrogen and oxygen atoms in total. The van der Waals surface area contributed by atoms with Crippen LogP contribution in [0.1, 0.15) is 11.1 Å². The second-order valence-corrected chi connectivity index (χ2v) is 4.59. The predicted molar refractivity (Wildman–Crippen MR) is 71.8 cm³/mol. The van der Waals surface area contributed by atoms with Crippen LogP contribution in [-0.2, 0) is 0 Å². The fraction of sp³-hybridized carbons (Fsp3) is 0.0714. The van der Waals surface area contributed by atoms with Crippen molar-refractivity contribution in [1.82, 2.24) is 0 Å². The lowest BCUT2D eigenvalue weighted by Crippen LogP contribution is -1.86. The Kier molecular flexibility index (Phi) is 3.69. The van der Waals surface area contributed by atoms with Crippen LogP contribution < -0.4 is 4.72 Å². The number of rotatable bonds is 3. The Balaban J connectivity index is 1.98. The van der Waals surface area contributed by atoms with Crippen LogP contribution in [0.25, 0.3) is 0 Å². The maximum Gasteiger partial charge on any atom is 0.0991 e. The second kappa shape index (κ2) is 5.42. The van der Waals surface area contributed by atoms with E-state index in [1.54, 1.807) is 24.1 Å². The molecule has 0 heterocycles. The molecule has 2 rings (SSSR count). The van der Waals surface area contributed by atoms with E-state index in [0.29, 0.717) is 5.56 Å². The zero-order valence-corrected chi connectivity index (χ0v) is 10.3. The first-order valence-corrected chi connectivity index (χ1v) is 6.09. The summed E-state index contributed by atoms with van der Waals surface area (Å²) in [5, 5.41) is 8.69. The fourth-order valence-electron chi connectivity index (χ4n) is 1.34. The number of nitrogens with one attached hydrogen (secondary N) is 1. The zero-order valence-electron chi connectivity index (χ0n) is 9.47. The van der Waals surface area contributed by atoms with Gasteiger partial charge in [-0.25, -0.2) is 0 Å². The summed E-state index contributed by atoms with van der Waals surface area (Å²) >= 11 is 1.56. The summed E-state index contributed by atoms with van der Waals surface area (Å²) in [6.45, 7) is 2.07. The molecule has 0 atom stereocenters. The van der Waals surface area contributed by atoms with Gasteiger partial charge in [-0.2, -0.15) is 5.26 Å². The van der Waals surface area contributed by atoms with Crippen molar-refractivity contribution in [3.63, 3.8) is 0 Å². The van der Waals surface area contributed by atoms with Crippen LogP contribution in [0.5, 0.6) is 0 Å². The first-order chi connectivity index (χ1) is 8.28. The van der Waals surface area contributed by atoms with Gasteiger partial charge in [0.2, 0.25) is 0 Å². The van der Waals surface area contributed by atoms with Crippen molar-refractivity contribution in [1.29, 1.82) is 5.26 Å². The van der Waals surface area contributed by atoms with Gasteiger partial charge in [-0.3, -0.25) is 0 Å². The number of nitriles is 1. The van der Waals surface area contributed by atoms with Gasteiger partial charge >= 0.3 is 0 Å². The third-order valence-electron chi connectivity index (χ3n) is 2.32. The zero-order chi connectivity index (χ0) is 12.1. The highest BCUT2D eigenvalue weighted by atomic mass is 32.2. The Labute approximate surface area is 105 Å². The molecule has 84 valence electrons. The normalized spacial score (nSPS) is 9.65. The van der Waals surface area contributed by atoms with E-state index >= 15 is 0 Å². The first-order valence-electron chi connectivity index (χ1n) is 5.27. The molecule has 0 fully saturated rings. The molecule has 2 aromatic rings. The standard InChI is InChI=1S/C14H12N2S/c1-11-2-8-14(9-3-11)17-16-13-6-4-12(10-15)5-7-13/h2-9,16H,1H3. The molecule has 0 radical (unpaired) electrons. The summed E-state index contributed by atoms with van der Waals surface area (Å²) in [5.41, 5.74) is 2.93. The lowest BCUT2D eigenvalue weighted by Gasteiger charge is -2.05. The Morgan fingerprint density at radius 3 is 2.24 bits per heavy atom. The summed E-state index contributed by atoms with van der Waals surface area (Å²) < 4.78 is 3.24. The van der Waals surface area contributed by atoms with E-state index in [1.165, 1.54) is 10.5 Å². The van der Waals surface area contributed by atoms with Crippen LogP contribution in [-0.4, -0.2) is 0 Å². The van der Waals surface area contributed by atoms with Crippen LogP contribution in [0.3, 0.4) is 0 Å². The SMILES string of the molecule is Cc1ccc(SNc2ccc(C#N)cc2)cc1. The second-order valence-electron chi connectivity index (χ2n) is 3.71. The fourth-order valence-corrected chi connectivity index (χ4v) is 1.98. The maximum absolute atomic E-state index is 8.69. The average molecular weight is 240 g/mol. The molecule has 0 aliphatic rings. The smallest absolute Gasteiger partial charge is 0.0991 e. The van der Waals surface area contributed by atoms with Crippen LogP contribution in [0.15, 0.2) is 53.4 Å². The monoisotopic (exact) mass is 240 g/mol. The molecular formula is C14H12N2S. The number of hydrogen-bond donors (Lipinski definition) is 1. The largest absolute Gasteiger partial charge is 0.326 e. The van der Waals surface area contributed by atoms with E-state index in [1.807, 2.05) is 12.1 Å². The molecule has 0 amide bonds. The van der Waals surface area contributed by atoms with Crippen LogP contribution >= 0.6 is 11.9 Å². The lowest BCUT2D eigenvalue weighted by atomic mass is 10.2. The van der Waals surface area contributed by atoms with Crippen molar-refractivity contribution in [2.45, 2.75) is 11.8 Å². The molecule has 0 aliphatic carbocycles. The summed E-state index contributed by atoms with van der Waals surface area (Å²) in [5.74, 6) is 0. The Morgan fingerprint density at radius 2 is 1.65 bits per heavy atom. The molecule has 0 aromatic heterocycles. The van der Waals surface area contributed by atoms with Crippen molar-refractivity contribution >= 4 is 17.6 Å². The maximum atomic E-state index is 8.69. The lowest BCUT2D eigenvalue weighted by molar-refractivity contribution is 1.38. The van der Waals surface area contributed by atoms with E-state index in [9.17, 15) is 0 Å². The molecule has 1 N–H and O–H groups in total. The van der Waals surface area contributed by atoms with Gasteiger partial charge in [-0.1, -0.05) is 17.7 Å². The van der Waals surface area contributed by atoms with Gasteiger partial charge < -0.3 is 4.72 Å². The molecule has 0 spiro atoms. The molecule has 3 heteroatoms. The molecular weight excluding hydrogens is 228 g/mol. The molecule has 0 saturated heterocycles. The van der Waals surface area contributed by atoms with Crippen LogP contribution in [0, 0.1) is 18.3 Å². The van der Waals surface area contributed by atoms with E-state index < -0.39 is 0 Å². The van der Waals surface area contributed by atoms with Gasteiger partial charge in [0, 0.05) is 10.6 Å². The van der Waals surface area contributed by atoms with Gasteiger partial charge in [0.1, 0.15) is 0 Å². The van der Waals surface area contributed by atoms with Crippen LogP contribution in [0.2, 0.25) is 0 Å². The Hall–Kier alpha value is -1.92. The molecule has 2 aromatic carbocycles. The summed E-state index contributed by atoms with van der Waals surface area (Å²) in [6.07, 6.45) is 0. The quantitative estimate of drug-likeness (QED) is 0.824. The minimum atomic E-state index is 0.677. The topological polar surface area (TPSA) is 35.8 Å². The van der Waals surface area contributed by atoms with E-state index in [0.717, 1.165) is 5.69 Å². The minimum Gasteiger partial charge on any atom is -0.326 e. The van der Waals surface area contributed by atoms with E-state index in [2.05, 4.69) is 42.0 Å². The van der Waals surface area contributed by atoms with Crippen molar-refractivity contribution in [2.75, 3.05) is 4.72 Å². The van der Waals surface area contributed by atoms with Gasteiger partial charge in [0.05, 0.1) is 11.6 Å². The highest BCUT2D eigenvalue weighted by Gasteiger charge is 1.95. The number of benzene rings is 2. The Bertz CT molecular complexity index is 524. The number of hydrogen-bond acceptors (Lipinski definition) is 3. The van der Waals surface area contributed by atoms with Gasteiger partial charge in [0.25, 0.3) is 0 Å².